The van der Waals surface area contributed by atoms with Gasteiger partial charge in [0.15, 0.2) is 0 Å². The fraction of sp³-hybridized carbons (Fsp3) is 0.933. The van der Waals surface area contributed by atoms with Gasteiger partial charge in [0.05, 0.1) is 6.26 Å². The van der Waals surface area contributed by atoms with Gasteiger partial charge in [0, 0.05) is 45.3 Å². The number of carbonyl (C=O) groups excluding carboxylic acids is 1. The first-order valence-corrected chi connectivity index (χ1v) is 10.2. The van der Waals surface area contributed by atoms with Crippen LogP contribution in [-0.4, -0.2) is 81.7 Å². The van der Waals surface area contributed by atoms with E-state index < -0.39 is 21.5 Å². The second kappa shape index (κ2) is 8.31. The zero-order valence-corrected chi connectivity index (χ0v) is 16.7. The molecule has 0 aromatic carbocycles. The van der Waals surface area contributed by atoms with Gasteiger partial charge in [-0.2, -0.15) is 0 Å². The van der Waals surface area contributed by atoms with Gasteiger partial charge >= 0.3 is 0 Å². The highest BCUT2D eigenvalue weighted by molar-refractivity contribution is 7.88. The summed E-state index contributed by atoms with van der Waals surface area (Å²) in [6, 6.07) is -0.334. The maximum Gasteiger partial charge on any atom is 0.241 e. The molecule has 0 saturated carbocycles. The smallest absolute Gasteiger partial charge is 0.241 e. The molecule has 2 unspecified atom stereocenters. The summed E-state index contributed by atoms with van der Waals surface area (Å²) >= 11 is 0. The molecule has 1 amide bonds. The van der Waals surface area contributed by atoms with E-state index in [1.807, 2.05) is 25.7 Å². The van der Waals surface area contributed by atoms with Crippen LogP contribution in [0.15, 0.2) is 0 Å². The van der Waals surface area contributed by atoms with Crippen molar-refractivity contribution in [3.63, 3.8) is 0 Å². The normalized spacial score (nSPS) is 24.5. The van der Waals surface area contributed by atoms with Crippen LogP contribution in [0.4, 0.5) is 0 Å². The number of rotatable bonds is 4. The Kier molecular flexibility index (Phi) is 7.49. The molecule has 0 bridgehead atoms. The average Bonchev–Trinajstić information content (AvgIpc) is 2.93. The molecule has 2 atom stereocenters. The number of hydrogen-bond acceptors (Lipinski definition) is 5. The van der Waals surface area contributed by atoms with Crippen LogP contribution in [0.1, 0.15) is 27.2 Å². The quantitative estimate of drug-likeness (QED) is 0.708. The molecular weight excluding hydrogens is 352 g/mol. The van der Waals surface area contributed by atoms with E-state index in [0.717, 1.165) is 38.9 Å². The largest absolute Gasteiger partial charge is 0.340 e. The summed E-state index contributed by atoms with van der Waals surface area (Å²) in [5.41, 5.74) is -0.465. The molecule has 9 heteroatoms. The lowest BCUT2D eigenvalue weighted by atomic mass is 9.86. The molecule has 2 fully saturated rings. The summed E-state index contributed by atoms with van der Waals surface area (Å²) in [6.45, 7) is 11.1. The number of carbonyl (C=O) groups is 1. The first-order chi connectivity index (χ1) is 10.6. The Morgan fingerprint density at radius 3 is 2.29 bits per heavy atom. The standard InChI is InChI=1S/C15H30N4O3S.ClH/c1-15(2,3)13(17-23(4,21)22)14(20)19-8-5-12(11-19)18-9-6-16-7-10-18;/h12-13,16-17H,5-11H2,1-4H3;1H. The summed E-state index contributed by atoms with van der Waals surface area (Å²) < 4.78 is 25.8. The van der Waals surface area contributed by atoms with Crippen LogP contribution in [0.3, 0.4) is 0 Å². The summed E-state index contributed by atoms with van der Waals surface area (Å²) in [5.74, 6) is -0.111. The van der Waals surface area contributed by atoms with Crippen molar-refractivity contribution >= 4 is 28.3 Å². The molecule has 2 rings (SSSR count). The van der Waals surface area contributed by atoms with Crippen molar-refractivity contribution in [3.8, 4) is 0 Å². The lowest BCUT2D eigenvalue weighted by Crippen LogP contribution is -2.55. The third-order valence-corrected chi connectivity index (χ3v) is 5.25. The topological polar surface area (TPSA) is 81.8 Å². The molecule has 24 heavy (non-hydrogen) atoms. The molecule has 0 radical (unpaired) electrons. The Morgan fingerprint density at radius 1 is 1.21 bits per heavy atom. The van der Waals surface area contributed by atoms with Crippen molar-refractivity contribution in [1.82, 2.24) is 19.8 Å². The predicted molar refractivity (Wildman–Crippen MR) is 97.9 cm³/mol. The van der Waals surface area contributed by atoms with E-state index in [4.69, 9.17) is 0 Å². The molecular formula is C15H31ClN4O3S. The predicted octanol–water partition coefficient (Wildman–Crippen LogP) is -0.122. The summed E-state index contributed by atoms with van der Waals surface area (Å²) in [4.78, 5) is 17.1. The fourth-order valence-electron chi connectivity index (χ4n) is 3.28. The molecule has 0 aliphatic carbocycles. The first kappa shape index (κ1) is 21.6. The van der Waals surface area contributed by atoms with Gasteiger partial charge in [0.25, 0.3) is 0 Å². The number of amides is 1. The van der Waals surface area contributed by atoms with Crippen LogP contribution in [0, 0.1) is 5.41 Å². The van der Waals surface area contributed by atoms with Gasteiger partial charge in [0.2, 0.25) is 15.9 Å². The van der Waals surface area contributed by atoms with Crippen LogP contribution >= 0.6 is 12.4 Å². The molecule has 0 aromatic heterocycles. The zero-order valence-electron chi connectivity index (χ0n) is 15.0. The highest BCUT2D eigenvalue weighted by Gasteiger charge is 2.39. The Hall–Kier alpha value is -0.410. The molecule has 0 aromatic rings. The molecule has 2 aliphatic rings. The van der Waals surface area contributed by atoms with Crippen molar-refractivity contribution in [2.75, 3.05) is 45.5 Å². The second-order valence-electron chi connectivity index (χ2n) is 7.70. The van der Waals surface area contributed by atoms with Crippen molar-refractivity contribution in [2.45, 2.75) is 39.3 Å². The summed E-state index contributed by atoms with van der Waals surface area (Å²) in [5, 5.41) is 3.34. The zero-order chi connectivity index (χ0) is 17.3. The third-order valence-electron chi connectivity index (χ3n) is 4.59. The highest BCUT2D eigenvalue weighted by atomic mass is 35.5. The number of halogens is 1. The highest BCUT2D eigenvalue weighted by Crippen LogP contribution is 2.24. The first-order valence-electron chi connectivity index (χ1n) is 8.29. The summed E-state index contributed by atoms with van der Waals surface area (Å²) in [6.07, 6.45) is 2.06. The number of hydrogen-bond donors (Lipinski definition) is 2. The molecule has 7 nitrogen and oxygen atoms in total. The Balaban J connectivity index is 0.00000288. The number of nitrogens with zero attached hydrogens (tertiary/aromatic N) is 2. The van der Waals surface area contributed by atoms with E-state index in [1.165, 1.54) is 0 Å². The van der Waals surface area contributed by atoms with E-state index in [2.05, 4.69) is 14.9 Å². The lowest BCUT2D eigenvalue weighted by molar-refractivity contribution is -0.134. The minimum atomic E-state index is -3.43. The minimum Gasteiger partial charge on any atom is -0.340 e. The van der Waals surface area contributed by atoms with E-state index in [9.17, 15) is 13.2 Å². The number of nitrogens with one attached hydrogen (secondary N) is 2. The Bertz CT molecular complexity index is 529. The lowest BCUT2D eigenvalue weighted by Gasteiger charge is -2.34. The van der Waals surface area contributed by atoms with Gasteiger partial charge in [-0.15, -0.1) is 12.4 Å². The number of sulfonamides is 1. The summed E-state index contributed by atoms with van der Waals surface area (Å²) in [7, 11) is -3.43. The van der Waals surface area contributed by atoms with Crippen LogP contribution < -0.4 is 10.0 Å². The van der Waals surface area contributed by atoms with E-state index in [0.29, 0.717) is 19.1 Å². The molecule has 2 saturated heterocycles. The monoisotopic (exact) mass is 382 g/mol. The number of piperazine rings is 1. The van der Waals surface area contributed by atoms with Gasteiger partial charge in [-0.05, 0) is 11.8 Å². The minimum absolute atomic E-state index is 0. The van der Waals surface area contributed by atoms with Gasteiger partial charge in [-0.25, -0.2) is 13.1 Å². The molecule has 2 aliphatic heterocycles. The van der Waals surface area contributed by atoms with Crippen molar-refractivity contribution in [2.24, 2.45) is 5.41 Å². The van der Waals surface area contributed by atoms with E-state index >= 15 is 0 Å². The van der Waals surface area contributed by atoms with Crippen molar-refractivity contribution in [3.05, 3.63) is 0 Å². The molecule has 0 spiro atoms. The van der Waals surface area contributed by atoms with Crippen molar-refractivity contribution < 1.29 is 13.2 Å². The van der Waals surface area contributed by atoms with Gasteiger partial charge in [-0.1, -0.05) is 20.8 Å². The van der Waals surface area contributed by atoms with E-state index in [1.54, 1.807) is 0 Å². The molecule has 2 N–H and O–H groups in total. The molecule has 2 heterocycles. The third kappa shape index (κ3) is 5.84. The number of likely N-dealkylation sites (tertiary alicyclic amines) is 1. The van der Waals surface area contributed by atoms with Gasteiger partial charge in [0.1, 0.15) is 6.04 Å². The van der Waals surface area contributed by atoms with E-state index in [-0.39, 0.29) is 18.3 Å². The fourth-order valence-corrected chi connectivity index (χ4v) is 4.16. The Labute approximate surface area is 152 Å². The van der Waals surface area contributed by atoms with Crippen LogP contribution in [0.5, 0.6) is 0 Å². The van der Waals surface area contributed by atoms with Crippen LogP contribution in [0.2, 0.25) is 0 Å². The molecule has 142 valence electrons. The SMILES string of the molecule is CC(C)(C)C(NS(C)(=O)=O)C(=O)N1CCC(N2CCNCC2)C1.Cl. The maximum atomic E-state index is 12.9. The Morgan fingerprint density at radius 2 is 1.79 bits per heavy atom. The van der Waals surface area contributed by atoms with Gasteiger partial charge in [-0.3, -0.25) is 9.69 Å². The van der Waals surface area contributed by atoms with Gasteiger partial charge < -0.3 is 10.2 Å². The van der Waals surface area contributed by atoms with Crippen molar-refractivity contribution in [1.29, 1.82) is 0 Å². The second-order valence-corrected chi connectivity index (χ2v) is 9.48. The van der Waals surface area contributed by atoms with Crippen LogP contribution in [0.25, 0.3) is 0 Å². The van der Waals surface area contributed by atoms with Crippen LogP contribution in [-0.2, 0) is 14.8 Å². The average molecular weight is 383 g/mol. The maximum absolute atomic E-state index is 12.9.